The van der Waals surface area contributed by atoms with Gasteiger partial charge in [-0.2, -0.15) is 0 Å². The molecule has 1 amide bonds. The van der Waals surface area contributed by atoms with E-state index in [0.717, 1.165) is 57.8 Å². The van der Waals surface area contributed by atoms with Crippen molar-refractivity contribution in [3.8, 4) is 0 Å². The van der Waals surface area contributed by atoms with Crippen molar-refractivity contribution in [3.05, 3.63) is 24.3 Å². The van der Waals surface area contributed by atoms with Gasteiger partial charge in [0.1, 0.15) is 48.8 Å². The van der Waals surface area contributed by atoms with Gasteiger partial charge in [-0.15, -0.1) is 0 Å². The predicted molar refractivity (Wildman–Crippen MR) is 369 cm³/mol. The number of carbonyl (C=O) groups excluding carboxylic acids is 1. The minimum Gasteiger partial charge on any atom is -0.394 e. The SMILES string of the molecule is CCCCCCC/C=C\C/C=C\CCCCCCCCCCCCCCCCCCCCCCCCCC(=O)NC(COC1OC(CO)C(OC2OC(CO)C(O)C(O)C2O)C(O)C1O)C(O)CCCCCCCCCCCCCCCCCCCCCCC. The third kappa shape index (κ3) is 44.3. The lowest BCUT2D eigenvalue weighted by Gasteiger charge is -2.46. The van der Waals surface area contributed by atoms with Gasteiger partial charge in [0.05, 0.1) is 32.0 Å². The summed E-state index contributed by atoms with van der Waals surface area (Å²) in [6.07, 6.45) is 60.7. The van der Waals surface area contributed by atoms with Crippen molar-refractivity contribution in [2.45, 2.75) is 434 Å². The van der Waals surface area contributed by atoms with Gasteiger partial charge in [-0.1, -0.05) is 334 Å². The van der Waals surface area contributed by atoms with Crippen molar-refractivity contribution in [1.82, 2.24) is 5.32 Å². The standard InChI is InChI=1S/C76H145NO13/c1-3-5-7-9-11-13-15-17-19-21-23-25-26-27-28-29-30-31-32-33-34-35-36-37-38-40-42-44-46-48-50-52-54-56-58-60-68(81)77-64(65(80)59-57-55-53-51-49-47-45-43-41-39-24-22-20-18-16-14-12-10-8-6-4-2)63-87-75-73(86)71(84)74(67(62-79)89-75)90-76-72(85)70(83)69(82)66(61-78)88-76/h15,17,21,23,64-67,69-76,78-80,82-86H,3-14,16,18-20,22,24-63H2,1-2H3,(H,77,81)/b17-15-,23-21-. The average Bonchev–Trinajstić information content (AvgIpc) is 1.28. The normalized spacial score (nSPS) is 23.0. The summed E-state index contributed by atoms with van der Waals surface area (Å²) in [6.45, 7) is 2.91. The summed E-state index contributed by atoms with van der Waals surface area (Å²) in [5.74, 6) is -0.198. The molecule has 9 N–H and O–H groups in total. The van der Waals surface area contributed by atoms with Crippen molar-refractivity contribution in [2.24, 2.45) is 0 Å². The van der Waals surface area contributed by atoms with Gasteiger partial charge in [-0.05, 0) is 44.9 Å². The molecule has 14 nitrogen and oxygen atoms in total. The van der Waals surface area contributed by atoms with Crippen LogP contribution >= 0.6 is 0 Å². The molecule has 2 heterocycles. The number of aliphatic hydroxyl groups is 8. The second kappa shape index (κ2) is 61.1. The predicted octanol–water partition coefficient (Wildman–Crippen LogP) is 16.7. The van der Waals surface area contributed by atoms with Gasteiger partial charge in [0.25, 0.3) is 0 Å². The van der Waals surface area contributed by atoms with Crippen molar-refractivity contribution in [1.29, 1.82) is 0 Å². The Balaban J connectivity index is 1.59. The second-order valence-electron chi connectivity index (χ2n) is 27.5. The maximum absolute atomic E-state index is 13.4. The maximum Gasteiger partial charge on any atom is 0.220 e. The van der Waals surface area contributed by atoms with E-state index in [0.29, 0.717) is 12.8 Å². The molecular weight excluding hydrogens is 1130 g/mol. The van der Waals surface area contributed by atoms with Crippen LogP contribution in [0.3, 0.4) is 0 Å². The Morgan fingerprint density at radius 2 is 0.733 bits per heavy atom. The van der Waals surface area contributed by atoms with Gasteiger partial charge in [-0.25, -0.2) is 0 Å². The van der Waals surface area contributed by atoms with Crippen LogP contribution in [0.1, 0.15) is 361 Å². The zero-order valence-corrected chi connectivity index (χ0v) is 58.2. The summed E-state index contributed by atoms with van der Waals surface area (Å²) < 4.78 is 23.0. The number of carbonyl (C=O) groups is 1. The minimum absolute atomic E-state index is 0.198. The number of amides is 1. The minimum atomic E-state index is -1.78. The lowest BCUT2D eigenvalue weighted by atomic mass is 9.97. The van der Waals surface area contributed by atoms with Gasteiger partial charge in [0.2, 0.25) is 5.91 Å². The highest BCUT2D eigenvalue weighted by Gasteiger charge is 2.51. The van der Waals surface area contributed by atoms with Crippen LogP contribution in [0, 0.1) is 0 Å². The number of hydrogen-bond acceptors (Lipinski definition) is 13. The number of hydrogen-bond donors (Lipinski definition) is 9. The summed E-state index contributed by atoms with van der Waals surface area (Å²) in [5.41, 5.74) is 0. The topological polar surface area (TPSA) is 228 Å². The lowest BCUT2D eigenvalue weighted by Crippen LogP contribution is -2.65. The van der Waals surface area contributed by atoms with Gasteiger partial charge in [0, 0.05) is 6.42 Å². The van der Waals surface area contributed by atoms with E-state index >= 15 is 0 Å². The first-order chi connectivity index (χ1) is 44.1. The molecule has 90 heavy (non-hydrogen) atoms. The third-order valence-corrected chi connectivity index (χ3v) is 19.2. The number of unbranched alkanes of at least 4 members (excludes halogenated alkanes) is 48. The van der Waals surface area contributed by atoms with E-state index in [-0.39, 0.29) is 12.5 Å². The summed E-state index contributed by atoms with van der Waals surface area (Å²) in [4.78, 5) is 13.4. The molecule has 2 saturated heterocycles. The first-order valence-corrected chi connectivity index (χ1v) is 38.6. The Kier molecular flexibility index (Phi) is 57.4. The fourth-order valence-corrected chi connectivity index (χ4v) is 13.0. The van der Waals surface area contributed by atoms with Gasteiger partial charge >= 0.3 is 0 Å². The average molecular weight is 1280 g/mol. The fourth-order valence-electron chi connectivity index (χ4n) is 13.0. The van der Waals surface area contributed by atoms with Crippen molar-refractivity contribution in [2.75, 3.05) is 19.8 Å². The Labute approximate surface area is 551 Å². The summed E-state index contributed by atoms with van der Waals surface area (Å²) >= 11 is 0. The van der Waals surface area contributed by atoms with Crippen LogP contribution in [0.15, 0.2) is 24.3 Å². The molecule has 0 spiro atoms. The molecule has 0 aliphatic carbocycles. The largest absolute Gasteiger partial charge is 0.394 e. The van der Waals surface area contributed by atoms with Gasteiger partial charge < -0.3 is 65.1 Å². The first-order valence-electron chi connectivity index (χ1n) is 38.6. The molecule has 2 aliphatic heterocycles. The van der Waals surface area contributed by atoms with Crippen LogP contribution < -0.4 is 5.32 Å². The molecule has 2 fully saturated rings. The monoisotopic (exact) mass is 1280 g/mol. The molecule has 532 valence electrons. The second-order valence-corrected chi connectivity index (χ2v) is 27.5. The van der Waals surface area contributed by atoms with E-state index in [1.165, 1.54) is 276 Å². The van der Waals surface area contributed by atoms with Crippen molar-refractivity contribution >= 4 is 5.91 Å². The first kappa shape index (κ1) is 84.6. The van der Waals surface area contributed by atoms with Gasteiger partial charge in [0.15, 0.2) is 12.6 Å². The van der Waals surface area contributed by atoms with Gasteiger partial charge in [-0.3, -0.25) is 4.79 Å². The number of ether oxygens (including phenoxy) is 4. The third-order valence-electron chi connectivity index (χ3n) is 19.2. The lowest BCUT2D eigenvalue weighted by molar-refractivity contribution is -0.359. The van der Waals surface area contributed by atoms with Crippen LogP contribution in [0.25, 0.3) is 0 Å². The van der Waals surface area contributed by atoms with E-state index < -0.39 is 86.8 Å². The smallest absolute Gasteiger partial charge is 0.220 e. The molecule has 2 rings (SSSR count). The van der Waals surface area contributed by atoms with E-state index in [1.807, 2.05) is 0 Å². The molecule has 12 atom stereocenters. The Morgan fingerprint density at radius 1 is 0.400 bits per heavy atom. The summed E-state index contributed by atoms with van der Waals surface area (Å²) in [6, 6.07) is -0.827. The summed E-state index contributed by atoms with van der Waals surface area (Å²) in [7, 11) is 0. The summed E-state index contributed by atoms with van der Waals surface area (Å²) in [5, 5.41) is 87.7. The number of nitrogens with one attached hydrogen (secondary N) is 1. The van der Waals surface area contributed by atoms with Crippen LogP contribution in [0.2, 0.25) is 0 Å². The zero-order valence-electron chi connectivity index (χ0n) is 58.2. The molecule has 0 bridgehead atoms. The van der Waals surface area contributed by atoms with Crippen LogP contribution in [0.5, 0.6) is 0 Å². The molecule has 12 unspecified atom stereocenters. The highest BCUT2D eigenvalue weighted by Crippen LogP contribution is 2.30. The molecule has 2 aliphatic rings. The van der Waals surface area contributed by atoms with Crippen molar-refractivity contribution < 1.29 is 64.6 Å². The molecule has 0 aromatic carbocycles. The molecular formula is C76H145NO13. The molecule has 0 aromatic rings. The van der Waals surface area contributed by atoms with Crippen molar-refractivity contribution in [3.63, 3.8) is 0 Å². The zero-order chi connectivity index (χ0) is 65.2. The Morgan fingerprint density at radius 3 is 1.11 bits per heavy atom. The Hall–Kier alpha value is -1.53. The Bertz CT molecular complexity index is 1600. The van der Waals surface area contributed by atoms with E-state index in [4.69, 9.17) is 18.9 Å². The number of allylic oxidation sites excluding steroid dienone is 4. The molecule has 0 radical (unpaired) electrons. The highest BCUT2D eigenvalue weighted by molar-refractivity contribution is 5.76. The number of aliphatic hydroxyl groups excluding tert-OH is 8. The van der Waals surface area contributed by atoms with E-state index in [2.05, 4.69) is 43.5 Å². The highest BCUT2D eigenvalue weighted by atomic mass is 16.7. The molecule has 0 aromatic heterocycles. The number of rotatable bonds is 65. The van der Waals surface area contributed by atoms with Crippen LogP contribution in [0.4, 0.5) is 0 Å². The quantitative estimate of drug-likeness (QED) is 0.0204. The molecule has 0 saturated carbocycles. The fraction of sp³-hybridized carbons (Fsp3) is 0.934. The van der Waals surface area contributed by atoms with Crippen LogP contribution in [-0.4, -0.2) is 140 Å². The van der Waals surface area contributed by atoms with E-state index in [9.17, 15) is 45.6 Å². The maximum atomic E-state index is 13.4. The van der Waals surface area contributed by atoms with Crippen LogP contribution in [-0.2, 0) is 23.7 Å². The molecule has 14 heteroatoms. The van der Waals surface area contributed by atoms with E-state index in [1.54, 1.807) is 0 Å².